The van der Waals surface area contributed by atoms with Crippen molar-refractivity contribution in [1.82, 2.24) is 9.88 Å². The number of ether oxygens (including phenoxy) is 1. The van der Waals surface area contributed by atoms with Crippen molar-refractivity contribution in [2.45, 2.75) is 40.2 Å². The molecule has 0 fully saturated rings. The molecular formula is C27H27FN2O4. The van der Waals surface area contributed by atoms with Crippen LogP contribution in [0.5, 0.6) is 5.75 Å². The Balaban J connectivity index is 1.79. The molecule has 6 nitrogen and oxygen atoms in total. The molecule has 1 heterocycles. The van der Waals surface area contributed by atoms with Crippen LogP contribution in [-0.4, -0.2) is 22.9 Å². The summed E-state index contributed by atoms with van der Waals surface area (Å²) in [5, 5.41) is 2.83. The van der Waals surface area contributed by atoms with Crippen LogP contribution < -0.4 is 15.6 Å². The molecule has 4 rings (SSSR count). The van der Waals surface area contributed by atoms with Gasteiger partial charge in [-0.3, -0.25) is 19.0 Å². The van der Waals surface area contributed by atoms with E-state index in [1.54, 1.807) is 0 Å². The van der Waals surface area contributed by atoms with Gasteiger partial charge in [-0.15, -0.1) is 0 Å². The number of carbonyl (C=O) groups excluding carboxylic acids is 2. The van der Waals surface area contributed by atoms with Crippen LogP contribution in [0, 0.1) is 11.2 Å². The number of aromatic nitrogens is 1. The van der Waals surface area contributed by atoms with E-state index in [0.29, 0.717) is 42.0 Å². The second kappa shape index (κ2) is 9.25. The summed E-state index contributed by atoms with van der Waals surface area (Å²) in [6.45, 7) is 6.41. The Labute approximate surface area is 197 Å². The molecule has 1 aromatic heterocycles. The van der Waals surface area contributed by atoms with E-state index >= 15 is 0 Å². The predicted octanol–water partition coefficient (Wildman–Crippen LogP) is 4.46. The molecule has 7 heteroatoms. The first-order valence-electron chi connectivity index (χ1n) is 11.3. The topological polar surface area (TPSA) is 77.4 Å². The van der Waals surface area contributed by atoms with Crippen molar-refractivity contribution >= 4 is 11.7 Å². The van der Waals surface area contributed by atoms with Gasteiger partial charge in [0.15, 0.2) is 5.78 Å². The number of halogens is 1. The van der Waals surface area contributed by atoms with E-state index < -0.39 is 17.3 Å². The summed E-state index contributed by atoms with van der Waals surface area (Å²) >= 11 is 0. The van der Waals surface area contributed by atoms with Crippen LogP contribution in [0.3, 0.4) is 0 Å². The van der Waals surface area contributed by atoms with Gasteiger partial charge in [0.1, 0.15) is 17.1 Å². The summed E-state index contributed by atoms with van der Waals surface area (Å²) < 4.78 is 20.3. The van der Waals surface area contributed by atoms with Crippen molar-refractivity contribution in [2.75, 3.05) is 6.61 Å². The average Bonchev–Trinajstić information content (AvgIpc) is 2.78. The van der Waals surface area contributed by atoms with E-state index in [-0.39, 0.29) is 23.3 Å². The van der Waals surface area contributed by atoms with Crippen LogP contribution in [0.4, 0.5) is 4.39 Å². The first-order chi connectivity index (χ1) is 16.2. The third kappa shape index (κ3) is 4.64. The van der Waals surface area contributed by atoms with E-state index in [0.717, 1.165) is 5.56 Å². The highest BCUT2D eigenvalue weighted by Crippen LogP contribution is 2.35. The van der Waals surface area contributed by atoms with Crippen LogP contribution in [0.15, 0.2) is 59.5 Å². The molecule has 0 bridgehead atoms. The van der Waals surface area contributed by atoms with Gasteiger partial charge in [-0.25, -0.2) is 4.39 Å². The summed E-state index contributed by atoms with van der Waals surface area (Å²) in [6, 6.07) is 12.7. The quantitative estimate of drug-likeness (QED) is 0.587. The maximum absolute atomic E-state index is 13.5. The minimum Gasteiger partial charge on any atom is -0.494 e. The molecule has 1 aliphatic carbocycles. The average molecular weight is 463 g/mol. The Morgan fingerprint density at radius 3 is 2.50 bits per heavy atom. The van der Waals surface area contributed by atoms with Crippen molar-refractivity contribution in [3.8, 4) is 11.4 Å². The lowest BCUT2D eigenvalue weighted by Gasteiger charge is -2.31. The first kappa shape index (κ1) is 23.4. The molecule has 0 aliphatic heterocycles. The molecule has 3 aromatic rings. The van der Waals surface area contributed by atoms with Gasteiger partial charge < -0.3 is 10.1 Å². The zero-order valence-electron chi connectivity index (χ0n) is 19.5. The molecule has 1 aliphatic rings. The number of nitrogens with zero attached hydrogens (tertiary/aromatic N) is 1. The highest BCUT2D eigenvalue weighted by atomic mass is 19.1. The standard InChI is InChI=1S/C27H27FN2O4/c1-4-34-23-8-6-5-7-17(23)15-29-25(32)24-20-13-27(2,3)14-22(31)21(20)16-30(26(24)33)19-11-9-18(28)10-12-19/h5-12,16H,4,13-15H2,1-3H3,(H,29,32). The molecule has 2 aromatic carbocycles. The van der Waals surface area contributed by atoms with Crippen molar-refractivity contribution in [1.29, 1.82) is 0 Å². The number of hydrogen-bond acceptors (Lipinski definition) is 4. The van der Waals surface area contributed by atoms with Crippen LogP contribution in [-0.2, 0) is 13.0 Å². The molecule has 0 atom stereocenters. The molecule has 0 saturated heterocycles. The zero-order valence-corrected chi connectivity index (χ0v) is 19.5. The van der Waals surface area contributed by atoms with Gasteiger partial charge in [-0.05, 0) is 54.7 Å². The van der Waals surface area contributed by atoms with Gasteiger partial charge in [0.2, 0.25) is 0 Å². The predicted molar refractivity (Wildman–Crippen MR) is 127 cm³/mol. The number of nitrogens with one attached hydrogen (secondary N) is 1. The summed E-state index contributed by atoms with van der Waals surface area (Å²) in [4.78, 5) is 39.9. The van der Waals surface area contributed by atoms with Crippen molar-refractivity contribution < 1.29 is 18.7 Å². The van der Waals surface area contributed by atoms with E-state index in [2.05, 4.69) is 5.32 Å². The normalized spacial score (nSPS) is 14.4. The van der Waals surface area contributed by atoms with Crippen molar-refractivity contribution in [3.05, 3.63) is 93.2 Å². The van der Waals surface area contributed by atoms with Gasteiger partial charge in [-0.1, -0.05) is 32.0 Å². The molecule has 1 N–H and O–H groups in total. The van der Waals surface area contributed by atoms with Gasteiger partial charge in [-0.2, -0.15) is 0 Å². The molecule has 34 heavy (non-hydrogen) atoms. The number of pyridine rings is 1. The lowest BCUT2D eigenvalue weighted by Crippen LogP contribution is -2.38. The number of para-hydroxylation sites is 1. The number of ketones is 1. The van der Waals surface area contributed by atoms with Crippen LogP contribution >= 0.6 is 0 Å². The summed E-state index contributed by atoms with van der Waals surface area (Å²) in [7, 11) is 0. The number of fused-ring (bicyclic) bond motifs is 1. The number of Topliss-reactive ketones (excluding diaryl/α,β-unsaturated/α-hetero) is 1. The van der Waals surface area contributed by atoms with Crippen molar-refractivity contribution in [2.24, 2.45) is 5.41 Å². The van der Waals surface area contributed by atoms with Crippen molar-refractivity contribution in [3.63, 3.8) is 0 Å². The Morgan fingerprint density at radius 2 is 1.79 bits per heavy atom. The smallest absolute Gasteiger partial charge is 0.268 e. The molecular weight excluding hydrogens is 435 g/mol. The van der Waals surface area contributed by atoms with E-state index in [4.69, 9.17) is 4.74 Å². The second-order valence-corrected chi connectivity index (χ2v) is 9.21. The Morgan fingerprint density at radius 1 is 1.09 bits per heavy atom. The molecule has 0 radical (unpaired) electrons. The maximum atomic E-state index is 13.5. The van der Waals surface area contributed by atoms with E-state index in [1.165, 1.54) is 35.0 Å². The van der Waals surface area contributed by atoms with Crippen LogP contribution in [0.1, 0.15) is 59.0 Å². The zero-order chi connectivity index (χ0) is 24.5. The largest absolute Gasteiger partial charge is 0.494 e. The van der Waals surface area contributed by atoms with Crippen LogP contribution in [0.2, 0.25) is 0 Å². The molecule has 0 unspecified atom stereocenters. The highest BCUT2D eigenvalue weighted by molar-refractivity contribution is 6.04. The lowest BCUT2D eigenvalue weighted by molar-refractivity contribution is 0.0909. The number of rotatable bonds is 6. The molecule has 0 saturated carbocycles. The number of carbonyl (C=O) groups is 2. The Kier molecular flexibility index (Phi) is 6.37. The van der Waals surface area contributed by atoms with E-state index in [1.807, 2.05) is 45.0 Å². The molecule has 176 valence electrons. The van der Waals surface area contributed by atoms with Gasteiger partial charge in [0, 0.05) is 36.0 Å². The lowest BCUT2D eigenvalue weighted by atomic mass is 9.73. The second-order valence-electron chi connectivity index (χ2n) is 9.21. The third-order valence-electron chi connectivity index (χ3n) is 5.96. The van der Waals surface area contributed by atoms with Gasteiger partial charge >= 0.3 is 0 Å². The third-order valence-corrected chi connectivity index (χ3v) is 5.96. The summed E-state index contributed by atoms with van der Waals surface area (Å²) in [5.74, 6) is -0.480. The SMILES string of the molecule is CCOc1ccccc1CNC(=O)c1c2c(cn(-c3ccc(F)cc3)c1=O)C(=O)CC(C)(C)C2. The number of amides is 1. The maximum Gasteiger partial charge on any atom is 0.268 e. The summed E-state index contributed by atoms with van der Waals surface area (Å²) in [6.07, 6.45) is 2.21. The number of hydrogen-bond donors (Lipinski definition) is 1. The molecule has 0 spiro atoms. The van der Waals surface area contributed by atoms with Gasteiger partial charge in [0.05, 0.1) is 6.61 Å². The Bertz CT molecular complexity index is 1310. The fraction of sp³-hybridized carbons (Fsp3) is 0.296. The molecule has 1 amide bonds. The van der Waals surface area contributed by atoms with Crippen LogP contribution in [0.25, 0.3) is 5.69 Å². The summed E-state index contributed by atoms with van der Waals surface area (Å²) in [5.41, 5.74) is 0.974. The fourth-order valence-corrected chi connectivity index (χ4v) is 4.38. The van der Waals surface area contributed by atoms with Gasteiger partial charge in [0.25, 0.3) is 11.5 Å². The number of benzene rings is 2. The van der Waals surface area contributed by atoms with E-state index in [9.17, 15) is 18.8 Å². The fourth-order valence-electron chi connectivity index (χ4n) is 4.38. The first-order valence-corrected chi connectivity index (χ1v) is 11.3. The Hall–Kier alpha value is -3.74. The minimum atomic E-state index is -0.561. The monoisotopic (exact) mass is 462 g/mol. The highest BCUT2D eigenvalue weighted by Gasteiger charge is 2.36. The minimum absolute atomic E-state index is 0.0585.